The van der Waals surface area contributed by atoms with Gasteiger partial charge in [0.25, 0.3) is 0 Å². The molecule has 6 nitrogen and oxygen atoms in total. The third-order valence-corrected chi connectivity index (χ3v) is 6.05. The maximum absolute atomic E-state index is 12.6. The number of methoxy groups -OCH3 is 1. The molecular weight excluding hydrogens is 376 g/mol. The number of hydrogen-bond donors (Lipinski definition) is 2. The highest BCUT2D eigenvalue weighted by Gasteiger charge is 2.20. The van der Waals surface area contributed by atoms with Gasteiger partial charge in [-0.3, -0.25) is 4.79 Å². The van der Waals surface area contributed by atoms with Gasteiger partial charge in [-0.05, 0) is 56.0 Å². The number of nitrogens with one attached hydrogen (secondary N) is 2. The molecule has 0 bridgehead atoms. The van der Waals surface area contributed by atoms with E-state index in [4.69, 9.17) is 4.74 Å². The number of carbonyl (C=O) groups excluding carboxylic acids is 1. The van der Waals surface area contributed by atoms with Crippen molar-refractivity contribution in [1.82, 2.24) is 10.0 Å². The van der Waals surface area contributed by atoms with Gasteiger partial charge in [0.15, 0.2) is 0 Å². The zero-order valence-electron chi connectivity index (χ0n) is 16.8. The molecule has 0 aliphatic rings. The molecule has 152 valence electrons. The molecular formula is C21H28N2O4S. The molecule has 0 aliphatic carbocycles. The monoisotopic (exact) mass is 404 g/mol. The summed E-state index contributed by atoms with van der Waals surface area (Å²) in [6, 6.07) is 11.3. The summed E-state index contributed by atoms with van der Waals surface area (Å²) >= 11 is 0. The Bertz CT molecular complexity index is 922. The highest BCUT2D eigenvalue weighted by atomic mass is 32.2. The lowest BCUT2D eigenvalue weighted by Crippen LogP contribution is -2.35. The predicted octanol–water partition coefficient (Wildman–Crippen LogP) is 2.65. The second-order valence-corrected chi connectivity index (χ2v) is 8.56. The summed E-state index contributed by atoms with van der Waals surface area (Å²) in [5.41, 5.74) is 4.10. The third kappa shape index (κ3) is 6.07. The van der Waals surface area contributed by atoms with Crippen molar-refractivity contribution in [3.63, 3.8) is 0 Å². The largest absolute Gasteiger partial charge is 0.495 e. The maximum Gasteiger partial charge on any atom is 0.244 e. The zero-order valence-corrected chi connectivity index (χ0v) is 17.7. The minimum absolute atomic E-state index is 0.101. The zero-order chi connectivity index (χ0) is 20.7. The van der Waals surface area contributed by atoms with Crippen molar-refractivity contribution in [2.45, 2.75) is 38.5 Å². The lowest BCUT2D eigenvalue weighted by Gasteiger charge is -2.13. The standard InChI is InChI=1S/C21H28N2O4S/c1-15-5-7-18(8-6-15)9-10-21(24)22-11-12-23-28(25,26)20-14-17(3)16(2)13-19(20)27-4/h5-8,13-14,23H,9-12H2,1-4H3,(H,22,24). The molecule has 0 heterocycles. The molecule has 0 saturated carbocycles. The van der Waals surface area contributed by atoms with Gasteiger partial charge in [-0.25, -0.2) is 13.1 Å². The molecule has 2 rings (SSSR count). The Kier molecular flexibility index (Phi) is 7.60. The highest BCUT2D eigenvalue weighted by Crippen LogP contribution is 2.27. The Morgan fingerprint density at radius 2 is 1.64 bits per heavy atom. The predicted molar refractivity (Wildman–Crippen MR) is 110 cm³/mol. The summed E-state index contributed by atoms with van der Waals surface area (Å²) < 4.78 is 32.8. The lowest BCUT2D eigenvalue weighted by molar-refractivity contribution is -0.121. The highest BCUT2D eigenvalue weighted by molar-refractivity contribution is 7.89. The van der Waals surface area contributed by atoms with Gasteiger partial charge in [0, 0.05) is 19.5 Å². The first kappa shape index (κ1) is 21.9. The summed E-state index contributed by atoms with van der Waals surface area (Å²) in [6.45, 7) is 6.09. The van der Waals surface area contributed by atoms with Crippen molar-refractivity contribution >= 4 is 15.9 Å². The molecule has 2 aromatic carbocycles. The van der Waals surface area contributed by atoms with Gasteiger partial charge in [-0.1, -0.05) is 29.8 Å². The molecule has 0 saturated heterocycles. The van der Waals surface area contributed by atoms with Crippen LogP contribution in [0.5, 0.6) is 5.75 Å². The Hall–Kier alpha value is -2.38. The summed E-state index contributed by atoms with van der Waals surface area (Å²) in [4.78, 5) is 12.1. The first-order chi connectivity index (χ1) is 13.2. The van der Waals surface area contributed by atoms with Crippen LogP contribution in [0.3, 0.4) is 0 Å². The summed E-state index contributed by atoms with van der Waals surface area (Å²) in [5.74, 6) is 0.196. The molecule has 0 atom stereocenters. The summed E-state index contributed by atoms with van der Waals surface area (Å²) in [6.07, 6.45) is 1.01. The Morgan fingerprint density at radius 1 is 1.00 bits per heavy atom. The number of hydrogen-bond acceptors (Lipinski definition) is 4. The Labute approximate surface area is 167 Å². The second-order valence-electron chi connectivity index (χ2n) is 6.82. The van der Waals surface area contributed by atoms with Gasteiger partial charge in [0.1, 0.15) is 10.6 Å². The fourth-order valence-corrected chi connectivity index (χ4v) is 3.96. The van der Waals surface area contributed by atoms with E-state index < -0.39 is 10.0 Å². The number of amides is 1. The molecule has 7 heteroatoms. The minimum Gasteiger partial charge on any atom is -0.495 e. The normalized spacial score (nSPS) is 11.3. The Balaban J connectivity index is 1.83. The Morgan fingerprint density at radius 3 is 2.29 bits per heavy atom. The number of carbonyl (C=O) groups is 1. The van der Waals surface area contributed by atoms with Crippen molar-refractivity contribution in [2.24, 2.45) is 0 Å². The maximum atomic E-state index is 12.6. The van der Waals surface area contributed by atoms with Crippen LogP contribution in [0, 0.1) is 20.8 Å². The molecule has 28 heavy (non-hydrogen) atoms. The quantitative estimate of drug-likeness (QED) is 0.629. The fourth-order valence-electron chi connectivity index (χ4n) is 2.70. The number of sulfonamides is 1. The third-order valence-electron chi connectivity index (χ3n) is 4.57. The number of aryl methyl sites for hydroxylation is 4. The molecule has 0 fully saturated rings. The van der Waals surface area contributed by atoms with E-state index in [0.29, 0.717) is 18.6 Å². The van der Waals surface area contributed by atoms with Crippen LogP contribution < -0.4 is 14.8 Å². The number of benzene rings is 2. The lowest BCUT2D eigenvalue weighted by atomic mass is 10.1. The average Bonchev–Trinajstić information content (AvgIpc) is 2.66. The van der Waals surface area contributed by atoms with Gasteiger partial charge in [-0.2, -0.15) is 0 Å². The molecule has 1 amide bonds. The van der Waals surface area contributed by atoms with Gasteiger partial charge < -0.3 is 10.1 Å². The van der Waals surface area contributed by atoms with Crippen LogP contribution in [-0.2, 0) is 21.2 Å². The van der Waals surface area contributed by atoms with E-state index in [0.717, 1.165) is 16.7 Å². The van der Waals surface area contributed by atoms with Crippen LogP contribution in [-0.4, -0.2) is 34.5 Å². The molecule has 2 N–H and O–H groups in total. The molecule has 0 aliphatic heterocycles. The first-order valence-electron chi connectivity index (χ1n) is 9.20. The van der Waals surface area contributed by atoms with Crippen LogP contribution in [0.15, 0.2) is 41.3 Å². The van der Waals surface area contributed by atoms with Crippen molar-refractivity contribution in [1.29, 1.82) is 0 Å². The molecule has 2 aromatic rings. The van der Waals surface area contributed by atoms with Crippen LogP contribution >= 0.6 is 0 Å². The van der Waals surface area contributed by atoms with Crippen molar-refractivity contribution in [3.8, 4) is 5.75 Å². The van der Waals surface area contributed by atoms with E-state index in [1.54, 1.807) is 12.1 Å². The number of ether oxygens (including phenoxy) is 1. The van der Waals surface area contributed by atoms with Crippen LogP contribution in [0.4, 0.5) is 0 Å². The summed E-state index contributed by atoms with van der Waals surface area (Å²) in [7, 11) is -2.28. The van der Waals surface area contributed by atoms with Crippen molar-refractivity contribution in [2.75, 3.05) is 20.2 Å². The van der Waals surface area contributed by atoms with Gasteiger partial charge >= 0.3 is 0 Å². The minimum atomic E-state index is -3.73. The van der Waals surface area contributed by atoms with Crippen LogP contribution in [0.2, 0.25) is 0 Å². The molecule has 0 aromatic heterocycles. The number of rotatable bonds is 9. The molecule has 0 spiro atoms. The van der Waals surface area contributed by atoms with Gasteiger partial charge in [-0.15, -0.1) is 0 Å². The van der Waals surface area contributed by atoms with Crippen LogP contribution in [0.25, 0.3) is 0 Å². The van der Waals surface area contributed by atoms with Crippen LogP contribution in [0.1, 0.15) is 28.7 Å². The van der Waals surface area contributed by atoms with Crippen molar-refractivity contribution < 1.29 is 17.9 Å². The van der Waals surface area contributed by atoms with E-state index >= 15 is 0 Å². The molecule has 0 radical (unpaired) electrons. The van der Waals surface area contributed by atoms with E-state index in [2.05, 4.69) is 10.0 Å². The molecule has 0 unspecified atom stereocenters. The van der Waals surface area contributed by atoms with Crippen molar-refractivity contribution in [3.05, 3.63) is 58.7 Å². The van der Waals surface area contributed by atoms with E-state index in [1.165, 1.54) is 12.7 Å². The fraction of sp³-hybridized carbons (Fsp3) is 0.381. The first-order valence-corrected chi connectivity index (χ1v) is 10.7. The van der Waals surface area contributed by atoms with E-state index in [1.807, 2.05) is 45.0 Å². The van der Waals surface area contributed by atoms with Gasteiger partial charge in [0.05, 0.1) is 7.11 Å². The van der Waals surface area contributed by atoms with Gasteiger partial charge in [0.2, 0.25) is 15.9 Å². The second kappa shape index (κ2) is 9.71. The SMILES string of the molecule is COc1cc(C)c(C)cc1S(=O)(=O)NCCNC(=O)CCc1ccc(C)cc1. The average molecular weight is 405 g/mol. The summed E-state index contributed by atoms with van der Waals surface area (Å²) in [5, 5.41) is 2.74. The smallest absolute Gasteiger partial charge is 0.244 e. The van der Waals surface area contributed by atoms with E-state index in [-0.39, 0.29) is 23.9 Å². The van der Waals surface area contributed by atoms with E-state index in [9.17, 15) is 13.2 Å². The topological polar surface area (TPSA) is 84.5 Å².